The van der Waals surface area contributed by atoms with Crippen molar-refractivity contribution in [2.24, 2.45) is 0 Å². The summed E-state index contributed by atoms with van der Waals surface area (Å²) in [5.41, 5.74) is 5.22. The number of benzene rings is 1. The Morgan fingerprint density at radius 1 is 1.12 bits per heavy atom. The lowest BCUT2D eigenvalue weighted by Gasteiger charge is -2.44. The Balaban J connectivity index is 1.78. The van der Waals surface area contributed by atoms with Gasteiger partial charge in [-0.25, -0.2) is 0 Å². The van der Waals surface area contributed by atoms with E-state index in [0.29, 0.717) is 6.61 Å². The zero-order valence-corrected chi connectivity index (χ0v) is 14.6. The van der Waals surface area contributed by atoms with Gasteiger partial charge in [0.15, 0.2) is 0 Å². The van der Waals surface area contributed by atoms with E-state index in [4.69, 9.17) is 4.74 Å². The Kier molecular flexibility index (Phi) is 3.84. The molecule has 0 amide bonds. The average molecular weight is 319 g/mol. The highest BCUT2D eigenvalue weighted by molar-refractivity contribution is 5.81. The van der Waals surface area contributed by atoms with Crippen molar-refractivity contribution in [2.45, 2.75) is 38.1 Å². The predicted molar refractivity (Wildman–Crippen MR) is 99.3 cm³/mol. The number of likely N-dealkylation sites (N-methyl/N-ethyl adjacent to an activating group) is 1. The van der Waals surface area contributed by atoms with Crippen LogP contribution in [0, 0.1) is 0 Å². The molecule has 0 aromatic heterocycles. The van der Waals surface area contributed by atoms with Gasteiger partial charge in [-0.05, 0) is 67.5 Å². The van der Waals surface area contributed by atoms with Crippen LogP contribution >= 0.6 is 0 Å². The molecule has 2 nitrogen and oxygen atoms in total. The van der Waals surface area contributed by atoms with Gasteiger partial charge in [0.2, 0.25) is 0 Å². The molecular formula is C22H25NO. The van der Waals surface area contributed by atoms with E-state index in [-0.39, 0.29) is 5.54 Å². The van der Waals surface area contributed by atoms with Crippen LogP contribution < -0.4 is 0 Å². The number of allylic oxidation sites excluding steroid dienone is 5. The summed E-state index contributed by atoms with van der Waals surface area (Å²) in [5.74, 6) is 1.04. The molecule has 2 heteroatoms. The summed E-state index contributed by atoms with van der Waals surface area (Å²) >= 11 is 0. The van der Waals surface area contributed by atoms with Crippen LogP contribution in [0.2, 0.25) is 0 Å². The van der Waals surface area contributed by atoms with Gasteiger partial charge in [-0.1, -0.05) is 36.4 Å². The molecule has 1 spiro atoms. The van der Waals surface area contributed by atoms with E-state index in [9.17, 15) is 0 Å². The van der Waals surface area contributed by atoms with Gasteiger partial charge in [0.25, 0.3) is 0 Å². The van der Waals surface area contributed by atoms with Crippen LogP contribution in [0.15, 0.2) is 71.7 Å². The van der Waals surface area contributed by atoms with Crippen molar-refractivity contribution in [3.05, 3.63) is 77.2 Å². The molecule has 0 bridgehead atoms. The molecule has 1 aliphatic heterocycles. The minimum absolute atomic E-state index is 0.267. The van der Waals surface area contributed by atoms with Crippen LogP contribution in [0.1, 0.15) is 38.2 Å². The first-order valence-corrected chi connectivity index (χ1v) is 9.03. The minimum atomic E-state index is -0.267. The molecule has 1 aromatic carbocycles. The largest absolute Gasteiger partial charge is 0.495 e. The summed E-state index contributed by atoms with van der Waals surface area (Å²) in [6.45, 7) is 2.75. The first-order valence-electron chi connectivity index (χ1n) is 9.03. The first kappa shape index (κ1) is 15.3. The quantitative estimate of drug-likeness (QED) is 0.771. The average Bonchev–Trinajstić information content (AvgIpc) is 2.99. The maximum absolute atomic E-state index is 6.09. The summed E-state index contributed by atoms with van der Waals surface area (Å²) in [6.07, 6.45) is 14.2. The summed E-state index contributed by atoms with van der Waals surface area (Å²) in [6, 6.07) is 10.6. The predicted octanol–water partition coefficient (Wildman–Crippen LogP) is 5.07. The molecule has 0 saturated heterocycles. The summed E-state index contributed by atoms with van der Waals surface area (Å²) < 4.78 is 6.09. The van der Waals surface area contributed by atoms with E-state index in [1.54, 1.807) is 0 Å². The van der Waals surface area contributed by atoms with Crippen LogP contribution in [-0.2, 0) is 4.74 Å². The third kappa shape index (κ3) is 2.32. The zero-order valence-electron chi connectivity index (χ0n) is 14.6. The molecule has 1 aromatic rings. The van der Waals surface area contributed by atoms with Gasteiger partial charge >= 0.3 is 0 Å². The maximum Gasteiger partial charge on any atom is 0.135 e. The molecule has 1 heterocycles. The van der Waals surface area contributed by atoms with E-state index in [1.165, 1.54) is 48.1 Å². The first-order chi connectivity index (χ1) is 11.7. The van der Waals surface area contributed by atoms with Crippen LogP contribution in [0.3, 0.4) is 0 Å². The fourth-order valence-corrected chi connectivity index (χ4v) is 4.15. The Labute approximate surface area is 144 Å². The van der Waals surface area contributed by atoms with Crippen molar-refractivity contribution in [2.75, 3.05) is 13.7 Å². The number of nitrogens with zero attached hydrogens (tertiary/aromatic N) is 1. The van der Waals surface area contributed by atoms with Crippen LogP contribution in [0.4, 0.5) is 0 Å². The molecule has 4 rings (SSSR count). The minimum Gasteiger partial charge on any atom is -0.495 e. The van der Waals surface area contributed by atoms with Crippen molar-refractivity contribution in [3.63, 3.8) is 0 Å². The standard InChI is InChI=1S/C22H25NO/c1-3-24-21-15-19(17-9-5-4-6-10-17)16-22(21)14-13-18-11-7-8-12-20(18)23(22)2/h4-6,9-10,13-16H,3,7-8,11-12H2,1-2H3. The summed E-state index contributed by atoms with van der Waals surface area (Å²) in [7, 11) is 2.22. The van der Waals surface area contributed by atoms with Gasteiger partial charge in [0.1, 0.15) is 11.3 Å². The number of rotatable bonds is 3. The zero-order chi connectivity index (χ0) is 16.6. The topological polar surface area (TPSA) is 12.5 Å². The number of hydrogen-bond donors (Lipinski definition) is 0. The van der Waals surface area contributed by atoms with Crippen molar-refractivity contribution in [3.8, 4) is 0 Å². The Hall–Kier alpha value is -2.22. The van der Waals surface area contributed by atoms with Gasteiger partial charge < -0.3 is 9.64 Å². The van der Waals surface area contributed by atoms with Crippen LogP contribution in [0.5, 0.6) is 0 Å². The highest BCUT2D eigenvalue weighted by Crippen LogP contribution is 2.45. The molecule has 24 heavy (non-hydrogen) atoms. The molecule has 0 radical (unpaired) electrons. The lowest BCUT2D eigenvalue weighted by Crippen LogP contribution is -2.46. The monoisotopic (exact) mass is 319 g/mol. The van der Waals surface area contributed by atoms with Gasteiger partial charge in [0.05, 0.1) is 6.61 Å². The maximum atomic E-state index is 6.09. The second-order valence-corrected chi connectivity index (χ2v) is 6.80. The van der Waals surface area contributed by atoms with E-state index in [0.717, 1.165) is 5.76 Å². The molecule has 1 atom stereocenters. The second kappa shape index (κ2) is 6.01. The molecule has 0 fully saturated rings. The van der Waals surface area contributed by atoms with E-state index in [2.05, 4.69) is 73.5 Å². The smallest absolute Gasteiger partial charge is 0.135 e. The van der Waals surface area contributed by atoms with Gasteiger partial charge in [-0.3, -0.25) is 0 Å². The Morgan fingerprint density at radius 3 is 2.71 bits per heavy atom. The van der Waals surface area contributed by atoms with Crippen molar-refractivity contribution in [1.82, 2.24) is 4.90 Å². The fraction of sp³-hybridized carbons (Fsp3) is 0.364. The normalized spacial score (nSPS) is 25.7. The van der Waals surface area contributed by atoms with E-state index < -0.39 is 0 Å². The lowest BCUT2D eigenvalue weighted by atomic mass is 9.85. The van der Waals surface area contributed by atoms with E-state index in [1.807, 2.05) is 0 Å². The Bertz CT molecular complexity index is 753. The number of hydrogen-bond acceptors (Lipinski definition) is 2. The molecular weight excluding hydrogens is 294 g/mol. The van der Waals surface area contributed by atoms with Crippen molar-refractivity contribution in [1.29, 1.82) is 0 Å². The fourth-order valence-electron chi connectivity index (χ4n) is 4.15. The van der Waals surface area contributed by atoms with Gasteiger partial charge in [0, 0.05) is 12.7 Å². The highest BCUT2D eigenvalue weighted by atomic mass is 16.5. The molecule has 0 saturated carbocycles. The molecule has 1 unspecified atom stereocenters. The lowest BCUT2D eigenvalue weighted by molar-refractivity contribution is 0.146. The second-order valence-electron chi connectivity index (χ2n) is 6.80. The number of ether oxygens (including phenoxy) is 1. The van der Waals surface area contributed by atoms with Crippen molar-refractivity contribution < 1.29 is 4.74 Å². The summed E-state index contributed by atoms with van der Waals surface area (Å²) in [4.78, 5) is 2.44. The molecule has 2 aliphatic carbocycles. The molecule has 0 N–H and O–H groups in total. The summed E-state index contributed by atoms with van der Waals surface area (Å²) in [5, 5.41) is 0. The van der Waals surface area contributed by atoms with E-state index >= 15 is 0 Å². The SMILES string of the molecule is CCOC1=CC(c2ccccc2)=CC12C=CC1=C(CCCC1)N2C. The van der Waals surface area contributed by atoms with Gasteiger partial charge in [-0.2, -0.15) is 0 Å². The van der Waals surface area contributed by atoms with Gasteiger partial charge in [-0.15, -0.1) is 0 Å². The van der Waals surface area contributed by atoms with Crippen molar-refractivity contribution >= 4 is 5.57 Å². The van der Waals surface area contributed by atoms with Crippen LogP contribution in [-0.4, -0.2) is 24.1 Å². The highest BCUT2D eigenvalue weighted by Gasteiger charge is 2.43. The molecule has 124 valence electrons. The third-order valence-corrected chi connectivity index (χ3v) is 5.44. The van der Waals surface area contributed by atoms with Crippen LogP contribution in [0.25, 0.3) is 5.57 Å². The Morgan fingerprint density at radius 2 is 1.92 bits per heavy atom. The third-order valence-electron chi connectivity index (χ3n) is 5.44. The molecule has 3 aliphatic rings.